The van der Waals surface area contributed by atoms with Gasteiger partial charge in [0.15, 0.2) is 0 Å². The van der Waals surface area contributed by atoms with Crippen molar-refractivity contribution in [2.24, 2.45) is 11.8 Å². The highest BCUT2D eigenvalue weighted by Gasteiger charge is 2.22. The minimum atomic E-state index is 0.462. The first kappa shape index (κ1) is 11.1. The molecule has 2 aliphatic rings. The second-order valence-electron chi connectivity index (χ2n) is 5.47. The Morgan fingerprint density at radius 3 is 2.33 bits per heavy atom. The molecule has 2 heteroatoms. The highest BCUT2D eigenvalue weighted by molar-refractivity contribution is 5.79. The second kappa shape index (κ2) is 5.11. The highest BCUT2D eigenvalue weighted by atomic mass is 16.1. The van der Waals surface area contributed by atoms with Crippen LogP contribution in [-0.4, -0.2) is 30.3 Å². The summed E-state index contributed by atoms with van der Waals surface area (Å²) in [5.74, 6) is 2.32. The second-order valence-corrected chi connectivity index (χ2v) is 5.47. The molecule has 2 nitrogen and oxygen atoms in total. The molecule has 0 bridgehead atoms. The largest absolute Gasteiger partial charge is 0.302 e. The van der Waals surface area contributed by atoms with Crippen molar-refractivity contribution in [2.75, 3.05) is 19.6 Å². The van der Waals surface area contributed by atoms with Crippen molar-refractivity contribution in [3.63, 3.8) is 0 Å². The van der Waals surface area contributed by atoms with Gasteiger partial charge in [-0.2, -0.15) is 0 Å². The van der Waals surface area contributed by atoms with Crippen molar-refractivity contribution in [1.82, 2.24) is 4.90 Å². The normalized spacial score (nSPS) is 34.3. The quantitative estimate of drug-likeness (QED) is 0.696. The number of carbonyl (C=O) groups excluding carboxylic acids is 1. The fourth-order valence-electron chi connectivity index (χ4n) is 2.86. The molecule has 0 aromatic heterocycles. The average Bonchev–Trinajstić information content (AvgIpc) is 2.25. The number of rotatable bonds is 2. The average molecular weight is 209 g/mol. The number of carbonyl (C=O) groups is 1. The highest BCUT2D eigenvalue weighted by Crippen LogP contribution is 2.29. The molecular formula is C13H23NO. The topological polar surface area (TPSA) is 20.3 Å². The van der Waals surface area contributed by atoms with E-state index in [-0.39, 0.29) is 0 Å². The Labute approximate surface area is 93.0 Å². The van der Waals surface area contributed by atoms with Gasteiger partial charge in [-0.3, -0.25) is 4.79 Å². The van der Waals surface area contributed by atoms with Crippen LogP contribution in [0, 0.1) is 11.8 Å². The van der Waals surface area contributed by atoms with E-state index in [2.05, 4.69) is 11.8 Å². The first-order valence-corrected chi connectivity index (χ1v) is 6.48. The van der Waals surface area contributed by atoms with Crippen LogP contribution in [0.2, 0.25) is 0 Å². The summed E-state index contributed by atoms with van der Waals surface area (Å²) in [6.45, 7) is 5.66. The lowest BCUT2D eigenvalue weighted by Gasteiger charge is -2.33. The molecule has 0 N–H and O–H groups in total. The summed E-state index contributed by atoms with van der Waals surface area (Å²) in [5, 5.41) is 0. The van der Waals surface area contributed by atoms with Gasteiger partial charge in [0.1, 0.15) is 5.78 Å². The van der Waals surface area contributed by atoms with Crippen molar-refractivity contribution < 1.29 is 4.79 Å². The zero-order valence-corrected chi connectivity index (χ0v) is 9.87. The van der Waals surface area contributed by atoms with Crippen LogP contribution in [0.25, 0.3) is 0 Å². The number of Topliss-reactive ketones (excluding diaryl/α,β-unsaturated/α-hetero) is 1. The van der Waals surface area contributed by atoms with Crippen molar-refractivity contribution in [3.05, 3.63) is 0 Å². The van der Waals surface area contributed by atoms with Gasteiger partial charge in [0.25, 0.3) is 0 Å². The Balaban J connectivity index is 1.70. The first-order valence-electron chi connectivity index (χ1n) is 6.48. The SMILES string of the molecule is CC1CCC(CN2CCC(=O)CC2)CC1. The fraction of sp³-hybridized carbons (Fsp3) is 0.923. The van der Waals surface area contributed by atoms with E-state index < -0.39 is 0 Å². The summed E-state index contributed by atoms with van der Waals surface area (Å²) < 4.78 is 0. The number of ketones is 1. The molecule has 1 saturated heterocycles. The molecule has 0 radical (unpaired) electrons. The number of hydrogen-bond donors (Lipinski definition) is 0. The third kappa shape index (κ3) is 3.30. The summed E-state index contributed by atoms with van der Waals surface area (Å²) in [6, 6.07) is 0. The van der Waals surface area contributed by atoms with Gasteiger partial charge in [-0.15, -0.1) is 0 Å². The zero-order chi connectivity index (χ0) is 10.7. The van der Waals surface area contributed by atoms with Crippen LogP contribution in [-0.2, 0) is 4.79 Å². The van der Waals surface area contributed by atoms with Gasteiger partial charge in [-0.1, -0.05) is 19.8 Å². The van der Waals surface area contributed by atoms with Gasteiger partial charge < -0.3 is 4.90 Å². The summed E-state index contributed by atoms with van der Waals surface area (Å²) in [7, 11) is 0. The minimum absolute atomic E-state index is 0.462. The van der Waals surface area contributed by atoms with E-state index in [4.69, 9.17) is 0 Å². The monoisotopic (exact) mass is 209 g/mol. The molecule has 0 aromatic carbocycles. The molecule has 0 unspecified atom stereocenters. The van der Waals surface area contributed by atoms with E-state index in [1.165, 1.54) is 32.2 Å². The maximum atomic E-state index is 11.1. The Morgan fingerprint density at radius 2 is 1.73 bits per heavy atom. The summed E-state index contributed by atoms with van der Waals surface area (Å²) in [4.78, 5) is 13.6. The van der Waals surface area contributed by atoms with Crippen molar-refractivity contribution in [3.8, 4) is 0 Å². The molecule has 2 rings (SSSR count). The fourth-order valence-corrected chi connectivity index (χ4v) is 2.86. The van der Waals surface area contributed by atoms with Gasteiger partial charge in [0.05, 0.1) is 0 Å². The molecular weight excluding hydrogens is 186 g/mol. The van der Waals surface area contributed by atoms with E-state index in [1.807, 2.05) is 0 Å². The number of nitrogens with zero attached hydrogens (tertiary/aromatic N) is 1. The summed E-state index contributed by atoms with van der Waals surface area (Å²) >= 11 is 0. The molecule has 0 atom stereocenters. The van der Waals surface area contributed by atoms with E-state index in [0.29, 0.717) is 5.78 Å². The molecule has 1 aliphatic carbocycles. The van der Waals surface area contributed by atoms with Gasteiger partial charge in [-0.05, 0) is 24.7 Å². The third-order valence-electron chi connectivity index (χ3n) is 4.07. The molecule has 86 valence electrons. The number of likely N-dealkylation sites (tertiary alicyclic amines) is 1. The van der Waals surface area contributed by atoms with Gasteiger partial charge in [0.2, 0.25) is 0 Å². The van der Waals surface area contributed by atoms with E-state index in [9.17, 15) is 4.79 Å². The van der Waals surface area contributed by atoms with Crippen LogP contribution in [0.5, 0.6) is 0 Å². The van der Waals surface area contributed by atoms with Crippen LogP contribution in [0.1, 0.15) is 45.4 Å². The molecule has 0 amide bonds. The molecule has 1 saturated carbocycles. The van der Waals surface area contributed by atoms with Crippen LogP contribution in [0.4, 0.5) is 0 Å². The van der Waals surface area contributed by atoms with Gasteiger partial charge in [0, 0.05) is 32.5 Å². The molecule has 15 heavy (non-hydrogen) atoms. The van der Waals surface area contributed by atoms with Crippen LogP contribution in [0.15, 0.2) is 0 Å². The maximum Gasteiger partial charge on any atom is 0.135 e. The third-order valence-corrected chi connectivity index (χ3v) is 4.07. The van der Waals surface area contributed by atoms with E-state index >= 15 is 0 Å². The lowest BCUT2D eigenvalue weighted by molar-refractivity contribution is -0.121. The maximum absolute atomic E-state index is 11.1. The molecule has 1 heterocycles. The summed E-state index contributed by atoms with van der Waals surface area (Å²) in [5.41, 5.74) is 0. The van der Waals surface area contributed by atoms with Crippen molar-refractivity contribution >= 4 is 5.78 Å². The predicted molar refractivity (Wildman–Crippen MR) is 61.8 cm³/mol. The standard InChI is InChI=1S/C13H23NO/c1-11-2-4-12(5-3-11)10-14-8-6-13(15)7-9-14/h11-12H,2-10H2,1H3. The smallest absolute Gasteiger partial charge is 0.135 e. The van der Waals surface area contributed by atoms with Gasteiger partial charge in [-0.25, -0.2) is 0 Å². The molecule has 2 fully saturated rings. The Morgan fingerprint density at radius 1 is 1.13 bits per heavy atom. The predicted octanol–water partition coefficient (Wildman–Crippen LogP) is 2.48. The Hall–Kier alpha value is -0.370. The molecule has 1 aliphatic heterocycles. The van der Waals surface area contributed by atoms with E-state index in [1.54, 1.807) is 0 Å². The zero-order valence-electron chi connectivity index (χ0n) is 9.87. The minimum Gasteiger partial charge on any atom is -0.302 e. The molecule has 0 spiro atoms. The van der Waals surface area contributed by atoms with Crippen LogP contribution < -0.4 is 0 Å². The lowest BCUT2D eigenvalue weighted by Crippen LogP contribution is -2.38. The van der Waals surface area contributed by atoms with Crippen molar-refractivity contribution in [2.45, 2.75) is 45.4 Å². The Kier molecular flexibility index (Phi) is 3.79. The van der Waals surface area contributed by atoms with E-state index in [0.717, 1.165) is 37.8 Å². The summed E-state index contributed by atoms with van der Waals surface area (Å²) in [6.07, 6.45) is 7.23. The van der Waals surface area contributed by atoms with Crippen LogP contribution >= 0.6 is 0 Å². The first-order chi connectivity index (χ1) is 7.24. The van der Waals surface area contributed by atoms with Gasteiger partial charge >= 0.3 is 0 Å². The van der Waals surface area contributed by atoms with Crippen LogP contribution in [0.3, 0.4) is 0 Å². The Bertz CT molecular complexity index is 209. The molecule has 0 aromatic rings. The van der Waals surface area contributed by atoms with Crippen molar-refractivity contribution in [1.29, 1.82) is 0 Å². The number of hydrogen-bond acceptors (Lipinski definition) is 2. The lowest BCUT2D eigenvalue weighted by atomic mass is 9.82. The number of piperidine rings is 1.